The Kier molecular flexibility index (Phi) is 7.94. The second kappa shape index (κ2) is 12.3. The summed E-state index contributed by atoms with van der Waals surface area (Å²) in [5, 5.41) is 9.87. The van der Waals surface area contributed by atoms with E-state index < -0.39 is 10.1 Å². The summed E-state index contributed by atoms with van der Waals surface area (Å²) in [6.45, 7) is 0. The molecule has 0 bridgehead atoms. The molecule has 6 rings (SSSR count). The van der Waals surface area contributed by atoms with Crippen LogP contribution in [0.4, 0.5) is 5.69 Å². The molecule has 0 aliphatic carbocycles. The van der Waals surface area contributed by atoms with Gasteiger partial charge in [0, 0.05) is 29.1 Å². The number of rotatable bonds is 9. The molecule has 0 saturated carbocycles. The van der Waals surface area contributed by atoms with Crippen molar-refractivity contribution in [2.75, 3.05) is 12.4 Å². The van der Waals surface area contributed by atoms with Gasteiger partial charge in [0.15, 0.2) is 0 Å². The first kappa shape index (κ1) is 28.4. The van der Waals surface area contributed by atoms with Gasteiger partial charge in [0.05, 0.1) is 18.5 Å². The van der Waals surface area contributed by atoms with Crippen molar-refractivity contribution in [3.05, 3.63) is 139 Å². The van der Waals surface area contributed by atoms with Gasteiger partial charge in [0.2, 0.25) is 5.91 Å². The number of ether oxygens (including phenoxy) is 1. The van der Waals surface area contributed by atoms with Gasteiger partial charge in [-0.3, -0.25) is 4.79 Å². The molecule has 1 amide bonds. The van der Waals surface area contributed by atoms with Crippen molar-refractivity contribution >= 4 is 38.6 Å². The first-order chi connectivity index (χ1) is 21.4. The smallest absolute Gasteiger partial charge is 0.339 e. The van der Waals surface area contributed by atoms with E-state index in [9.17, 15) is 13.2 Å². The van der Waals surface area contributed by atoms with E-state index >= 15 is 0 Å². The number of fused-ring (bicyclic) bond motifs is 1. The number of hydrogen-bond donors (Lipinski definition) is 1. The van der Waals surface area contributed by atoms with Crippen LogP contribution in [0.2, 0.25) is 0 Å². The van der Waals surface area contributed by atoms with E-state index in [2.05, 4.69) is 29.6 Å². The normalized spacial score (nSPS) is 11.5. The average Bonchev–Trinajstić information content (AvgIpc) is 3.49. The van der Waals surface area contributed by atoms with Gasteiger partial charge >= 0.3 is 10.1 Å². The predicted octanol–water partition coefficient (Wildman–Crippen LogP) is 7.12. The first-order valence-corrected chi connectivity index (χ1v) is 15.1. The Balaban J connectivity index is 1.19. The fourth-order valence-corrected chi connectivity index (χ4v) is 5.57. The summed E-state index contributed by atoms with van der Waals surface area (Å²) in [7, 11) is -2.53. The van der Waals surface area contributed by atoms with Crippen LogP contribution in [0.3, 0.4) is 0 Å². The largest absolute Gasteiger partial charge is 0.497 e. The van der Waals surface area contributed by atoms with Crippen LogP contribution in [-0.4, -0.2) is 31.2 Å². The van der Waals surface area contributed by atoms with Crippen LogP contribution < -0.4 is 14.2 Å². The van der Waals surface area contributed by atoms with Gasteiger partial charge in [-0.1, -0.05) is 54.6 Å². The number of methoxy groups -OCH3 is 1. The third-order valence-corrected chi connectivity index (χ3v) is 8.14. The average molecular weight is 602 g/mol. The molecule has 1 heterocycles. The molecule has 0 radical (unpaired) electrons. The number of hydrogen-bond acceptors (Lipinski definition) is 6. The maximum Gasteiger partial charge on any atom is 0.339 e. The molecule has 0 aliphatic rings. The van der Waals surface area contributed by atoms with E-state index in [1.165, 1.54) is 37.5 Å². The minimum atomic E-state index is -4.03. The van der Waals surface area contributed by atoms with E-state index in [0.717, 1.165) is 33.3 Å². The van der Waals surface area contributed by atoms with Crippen molar-refractivity contribution in [2.24, 2.45) is 0 Å². The number of amides is 1. The molecule has 0 aliphatic heterocycles. The lowest BCUT2D eigenvalue weighted by Gasteiger charge is -2.09. The summed E-state index contributed by atoms with van der Waals surface area (Å²) in [4.78, 5) is 12.9. The number of benzene rings is 5. The van der Waals surface area contributed by atoms with E-state index in [1.54, 1.807) is 35.0 Å². The van der Waals surface area contributed by atoms with Gasteiger partial charge in [-0.05, 0) is 83.6 Å². The fourth-order valence-electron chi connectivity index (χ4n) is 4.64. The zero-order valence-electron chi connectivity index (χ0n) is 23.6. The van der Waals surface area contributed by atoms with Crippen molar-refractivity contribution in [1.82, 2.24) is 9.78 Å². The van der Waals surface area contributed by atoms with Crippen LogP contribution in [0.1, 0.15) is 5.56 Å². The molecule has 5 aromatic carbocycles. The topological polar surface area (TPSA) is 99.5 Å². The summed E-state index contributed by atoms with van der Waals surface area (Å²) in [6.07, 6.45) is 5.06. The molecule has 0 fully saturated rings. The number of carbonyl (C=O) groups excluding carboxylic acids is 1. The molecule has 8 nitrogen and oxygen atoms in total. The number of nitrogens with one attached hydrogen (secondary N) is 1. The lowest BCUT2D eigenvalue weighted by molar-refractivity contribution is -0.111. The van der Waals surface area contributed by atoms with Crippen LogP contribution in [0.15, 0.2) is 138 Å². The summed E-state index contributed by atoms with van der Waals surface area (Å²) in [6, 6.07) is 36.0. The van der Waals surface area contributed by atoms with Crippen LogP contribution in [0.5, 0.6) is 11.5 Å². The van der Waals surface area contributed by atoms with Crippen LogP contribution in [0, 0.1) is 0 Å². The number of nitrogens with zero attached hydrogens (tertiary/aromatic N) is 2. The summed E-state index contributed by atoms with van der Waals surface area (Å²) in [5.41, 5.74) is 3.81. The summed E-state index contributed by atoms with van der Waals surface area (Å²) in [5.74, 6) is 0.289. The van der Waals surface area contributed by atoms with Crippen molar-refractivity contribution < 1.29 is 22.1 Å². The van der Waals surface area contributed by atoms with E-state index in [1.807, 2.05) is 54.7 Å². The van der Waals surface area contributed by atoms with Gasteiger partial charge in [0.25, 0.3) is 0 Å². The first-order valence-electron chi connectivity index (χ1n) is 13.7. The van der Waals surface area contributed by atoms with Gasteiger partial charge in [-0.2, -0.15) is 13.5 Å². The van der Waals surface area contributed by atoms with Crippen molar-refractivity contribution in [3.8, 4) is 28.4 Å². The van der Waals surface area contributed by atoms with E-state index in [-0.39, 0.29) is 16.6 Å². The van der Waals surface area contributed by atoms with Crippen molar-refractivity contribution in [2.45, 2.75) is 4.90 Å². The maximum atomic E-state index is 12.9. The van der Waals surface area contributed by atoms with E-state index in [0.29, 0.717) is 11.4 Å². The highest BCUT2D eigenvalue weighted by atomic mass is 32.2. The SMILES string of the molecule is COc1ccc(S(=O)(=O)Oc2ccc(NC(=O)/C=C\c3cn(-c4ccccc4)nc3-c3ccc4ccccc4c3)cc2)cc1. The highest BCUT2D eigenvalue weighted by Crippen LogP contribution is 2.28. The highest BCUT2D eigenvalue weighted by molar-refractivity contribution is 7.87. The molecule has 1 aromatic heterocycles. The third kappa shape index (κ3) is 6.38. The standard InChI is InChI=1S/C35H27N3O5S/c1-42-31-18-20-33(21-19-31)44(40,41)43-32-16-14-29(15-17-32)36-34(39)22-13-28-24-38(30-9-3-2-4-10-30)37-35(28)27-12-11-25-7-5-6-8-26(25)23-27/h2-24H,1H3,(H,36,39)/b22-13-. The van der Waals surface area contributed by atoms with Crippen molar-refractivity contribution in [3.63, 3.8) is 0 Å². The monoisotopic (exact) mass is 601 g/mol. The van der Waals surface area contributed by atoms with E-state index in [4.69, 9.17) is 14.0 Å². The molecule has 0 atom stereocenters. The lowest BCUT2D eigenvalue weighted by Crippen LogP contribution is -2.10. The van der Waals surface area contributed by atoms with Gasteiger partial charge < -0.3 is 14.2 Å². The number of anilines is 1. The maximum absolute atomic E-state index is 12.9. The van der Waals surface area contributed by atoms with Gasteiger partial charge in [0.1, 0.15) is 16.4 Å². The van der Waals surface area contributed by atoms with Crippen molar-refractivity contribution in [1.29, 1.82) is 0 Å². The van der Waals surface area contributed by atoms with Crippen LogP contribution in [0.25, 0.3) is 33.8 Å². The summed E-state index contributed by atoms with van der Waals surface area (Å²) >= 11 is 0. The number of carbonyl (C=O) groups is 1. The molecule has 0 spiro atoms. The molecule has 0 saturated heterocycles. The zero-order valence-corrected chi connectivity index (χ0v) is 24.4. The van der Waals surface area contributed by atoms with Crippen LogP contribution in [-0.2, 0) is 14.9 Å². The molecular weight excluding hydrogens is 574 g/mol. The third-order valence-electron chi connectivity index (χ3n) is 6.88. The molecule has 1 N–H and O–H groups in total. The Morgan fingerprint density at radius 3 is 2.20 bits per heavy atom. The Labute approximate surface area is 254 Å². The zero-order chi connectivity index (χ0) is 30.5. The number of para-hydroxylation sites is 1. The number of aromatic nitrogens is 2. The minimum absolute atomic E-state index is 0.000498. The Morgan fingerprint density at radius 1 is 0.795 bits per heavy atom. The molecule has 9 heteroatoms. The molecular formula is C35H27N3O5S. The second-order valence-electron chi connectivity index (χ2n) is 9.84. The molecule has 218 valence electrons. The summed E-state index contributed by atoms with van der Waals surface area (Å²) < 4.78 is 37.3. The molecule has 6 aromatic rings. The van der Waals surface area contributed by atoms with Crippen LogP contribution >= 0.6 is 0 Å². The minimum Gasteiger partial charge on any atom is -0.497 e. The Bertz CT molecular complexity index is 2070. The fraction of sp³-hybridized carbons (Fsp3) is 0.0286. The predicted molar refractivity (Wildman–Crippen MR) is 171 cm³/mol. The van der Waals surface area contributed by atoms with Gasteiger partial charge in [-0.15, -0.1) is 0 Å². The van der Waals surface area contributed by atoms with Gasteiger partial charge in [-0.25, -0.2) is 4.68 Å². The molecule has 44 heavy (non-hydrogen) atoms. The molecule has 0 unspecified atom stereocenters. The lowest BCUT2D eigenvalue weighted by atomic mass is 10.0. The second-order valence-corrected chi connectivity index (χ2v) is 11.4. The quantitative estimate of drug-likeness (QED) is 0.140. The highest BCUT2D eigenvalue weighted by Gasteiger charge is 2.17. The Morgan fingerprint density at radius 2 is 1.48 bits per heavy atom. The Hall–Kier alpha value is -5.67.